The minimum absolute atomic E-state index is 0.0299. The zero-order valence-electron chi connectivity index (χ0n) is 21.7. The summed E-state index contributed by atoms with van der Waals surface area (Å²) >= 11 is 3.05. The molecule has 2 aliphatic heterocycles. The molecule has 4 rings (SSSR count). The van der Waals surface area contributed by atoms with Gasteiger partial charge in [0, 0.05) is 36.7 Å². The Kier molecular flexibility index (Phi) is 8.55. The van der Waals surface area contributed by atoms with Crippen molar-refractivity contribution in [3.63, 3.8) is 0 Å². The average Bonchev–Trinajstić information content (AvgIpc) is 3.62. The van der Waals surface area contributed by atoms with Gasteiger partial charge in [-0.25, -0.2) is 9.97 Å². The van der Waals surface area contributed by atoms with Crippen LogP contribution in [0, 0.1) is 11.8 Å². The molecule has 2 N–H and O–H groups in total. The standard InChI is InChI=1S/C26H38N4O4S2/c1-5-7-9-17-13-25(3,33-21(17)31)19-15-35-23(29-19)27-11-12-28-24-30-20(16-36-24)26(4)14-18(10-8-6-2)22(32)34-26/h15-18H,5-14H2,1-4H3,(H,27,29)(H,28,30)/t17-,18+,25-,26+. The maximum atomic E-state index is 12.3. The lowest BCUT2D eigenvalue weighted by atomic mass is 9.90. The largest absolute Gasteiger partial charge is 0.453 e. The van der Waals surface area contributed by atoms with Crippen LogP contribution in [0.15, 0.2) is 10.8 Å². The highest BCUT2D eigenvalue weighted by Crippen LogP contribution is 2.43. The molecule has 0 saturated carbocycles. The summed E-state index contributed by atoms with van der Waals surface area (Å²) in [4.78, 5) is 34.0. The molecule has 0 amide bonds. The number of anilines is 2. The Morgan fingerprint density at radius 1 is 0.833 bits per heavy atom. The molecule has 2 saturated heterocycles. The van der Waals surface area contributed by atoms with Gasteiger partial charge in [-0.3, -0.25) is 9.59 Å². The van der Waals surface area contributed by atoms with Gasteiger partial charge in [0.15, 0.2) is 21.5 Å². The van der Waals surface area contributed by atoms with E-state index in [1.807, 2.05) is 24.6 Å². The topological polar surface area (TPSA) is 102 Å². The molecule has 198 valence electrons. The van der Waals surface area contributed by atoms with Gasteiger partial charge in [-0.15, -0.1) is 22.7 Å². The molecule has 10 heteroatoms. The Labute approximate surface area is 221 Å². The number of nitrogens with zero attached hydrogens (tertiary/aromatic N) is 2. The number of hydrogen-bond donors (Lipinski definition) is 2. The van der Waals surface area contributed by atoms with Crippen LogP contribution in [0.1, 0.15) is 90.4 Å². The first kappa shape index (κ1) is 26.9. The third-order valence-electron chi connectivity index (χ3n) is 7.17. The summed E-state index contributed by atoms with van der Waals surface area (Å²) in [6.07, 6.45) is 7.37. The molecule has 0 radical (unpaired) electrons. The number of ether oxygens (including phenoxy) is 2. The number of hydrogen-bond acceptors (Lipinski definition) is 10. The van der Waals surface area contributed by atoms with Crippen molar-refractivity contribution < 1.29 is 19.1 Å². The molecule has 2 fully saturated rings. The number of carbonyl (C=O) groups excluding carboxylic acids is 2. The molecule has 2 aliphatic rings. The predicted octanol–water partition coefficient (Wildman–Crippen LogP) is 6.06. The van der Waals surface area contributed by atoms with E-state index in [1.165, 1.54) is 22.7 Å². The smallest absolute Gasteiger partial charge is 0.310 e. The lowest BCUT2D eigenvalue weighted by Gasteiger charge is -2.20. The summed E-state index contributed by atoms with van der Waals surface area (Å²) in [6, 6.07) is 0. The van der Waals surface area contributed by atoms with Crippen molar-refractivity contribution in [2.24, 2.45) is 11.8 Å². The summed E-state index contributed by atoms with van der Waals surface area (Å²) in [7, 11) is 0. The van der Waals surface area contributed by atoms with Crippen LogP contribution < -0.4 is 10.6 Å². The monoisotopic (exact) mass is 534 g/mol. The van der Waals surface area contributed by atoms with Gasteiger partial charge in [-0.1, -0.05) is 39.5 Å². The van der Waals surface area contributed by atoms with Crippen molar-refractivity contribution in [1.82, 2.24) is 9.97 Å². The van der Waals surface area contributed by atoms with Crippen molar-refractivity contribution in [3.05, 3.63) is 22.1 Å². The predicted molar refractivity (Wildman–Crippen MR) is 143 cm³/mol. The fourth-order valence-corrected chi connectivity index (χ4v) is 6.71. The summed E-state index contributed by atoms with van der Waals surface area (Å²) < 4.78 is 11.5. The van der Waals surface area contributed by atoms with E-state index in [2.05, 4.69) is 24.5 Å². The second kappa shape index (κ2) is 11.5. The number of carbonyl (C=O) groups is 2. The normalized spacial score (nSPS) is 27.8. The number of rotatable bonds is 13. The summed E-state index contributed by atoms with van der Waals surface area (Å²) in [5, 5.41) is 12.3. The van der Waals surface area contributed by atoms with Crippen molar-refractivity contribution in [2.75, 3.05) is 23.7 Å². The zero-order valence-corrected chi connectivity index (χ0v) is 23.4. The Bertz CT molecular complexity index is 974. The van der Waals surface area contributed by atoms with Crippen molar-refractivity contribution in [3.8, 4) is 0 Å². The third kappa shape index (κ3) is 6.02. The van der Waals surface area contributed by atoms with Crippen LogP contribution in [0.5, 0.6) is 0 Å². The van der Waals surface area contributed by atoms with E-state index in [9.17, 15) is 9.59 Å². The lowest BCUT2D eigenvalue weighted by molar-refractivity contribution is -0.151. The highest BCUT2D eigenvalue weighted by atomic mass is 32.1. The number of esters is 2. The first-order valence-corrected chi connectivity index (χ1v) is 14.9. The molecule has 8 nitrogen and oxygen atoms in total. The molecule has 0 spiro atoms. The summed E-state index contributed by atoms with van der Waals surface area (Å²) in [6.45, 7) is 9.54. The molecule has 36 heavy (non-hydrogen) atoms. The van der Waals surface area contributed by atoms with Crippen molar-refractivity contribution in [1.29, 1.82) is 0 Å². The van der Waals surface area contributed by atoms with E-state index in [4.69, 9.17) is 19.4 Å². The van der Waals surface area contributed by atoms with E-state index in [0.717, 1.165) is 60.2 Å². The van der Waals surface area contributed by atoms with E-state index < -0.39 is 11.2 Å². The van der Waals surface area contributed by atoms with Gasteiger partial charge in [0.1, 0.15) is 0 Å². The number of cyclic esters (lactones) is 2. The first-order chi connectivity index (χ1) is 17.3. The van der Waals surface area contributed by atoms with Crippen LogP contribution in [-0.4, -0.2) is 35.0 Å². The van der Waals surface area contributed by atoms with Gasteiger partial charge in [-0.2, -0.15) is 0 Å². The maximum absolute atomic E-state index is 12.3. The Hall–Kier alpha value is -2.20. The van der Waals surface area contributed by atoms with Crippen molar-refractivity contribution >= 4 is 44.9 Å². The van der Waals surface area contributed by atoms with Crippen LogP contribution in [0.3, 0.4) is 0 Å². The highest BCUT2D eigenvalue weighted by Gasteiger charge is 2.46. The molecular weight excluding hydrogens is 496 g/mol. The Morgan fingerprint density at radius 2 is 1.25 bits per heavy atom. The van der Waals surface area contributed by atoms with Crippen LogP contribution in [0.2, 0.25) is 0 Å². The molecule has 0 unspecified atom stereocenters. The Balaban J connectivity index is 1.24. The van der Waals surface area contributed by atoms with Crippen LogP contribution in [0.25, 0.3) is 0 Å². The van der Waals surface area contributed by atoms with Crippen LogP contribution in [-0.2, 0) is 30.3 Å². The van der Waals surface area contributed by atoms with Crippen LogP contribution >= 0.6 is 22.7 Å². The lowest BCUT2D eigenvalue weighted by Crippen LogP contribution is -2.22. The summed E-state index contributed by atoms with van der Waals surface area (Å²) in [5.74, 6) is -0.258. The fourth-order valence-electron chi connectivity index (χ4n) is 4.99. The molecule has 4 heterocycles. The quantitative estimate of drug-likeness (QED) is 0.236. The number of unbranched alkanes of at least 4 members (excludes halogenated alkanes) is 2. The van der Waals surface area contributed by atoms with Gasteiger partial charge in [0.2, 0.25) is 0 Å². The summed E-state index contributed by atoms with van der Waals surface area (Å²) in [5.41, 5.74) is 0.348. The molecule has 2 aromatic rings. The second-order valence-corrected chi connectivity index (χ2v) is 12.0. The number of nitrogens with one attached hydrogen (secondary N) is 2. The van der Waals surface area contributed by atoms with Crippen molar-refractivity contribution in [2.45, 2.75) is 90.3 Å². The van der Waals surface area contributed by atoms with E-state index in [1.54, 1.807) is 0 Å². The molecule has 4 atom stereocenters. The van der Waals surface area contributed by atoms with Gasteiger partial charge >= 0.3 is 11.9 Å². The Morgan fingerprint density at radius 3 is 1.64 bits per heavy atom. The van der Waals surface area contributed by atoms with E-state index in [0.29, 0.717) is 25.9 Å². The minimum Gasteiger partial charge on any atom is -0.453 e. The minimum atomic E-state index is -0.642. The third-order valence-corrected chi connectivity index (χ3v) is 8.77. The first-order valence-electron chi connectivity index (χ1n) is 13.1. The molecule has 0 bridgehead atoms. The van der Waals surface area contributed by atoms with Gasteiger partial charge in [0.05, 0.1) is 23.2 Å². The second-order valence-electron chi connectivity index (χ2n) is 10.3. The average molecular weight is 535 g/mol. The van der Waals surface area contributed by atoms with E-state index >= 15 is 0 Å². The zero-order chi connectivity index (χ0) is 25.8. The molecule has 2 aromatic heterocycles. The molecular formula is C26H38N4O4S2. The van der Waals surface area contributed by atoms with E-state index in [-0.39, 0.29) is 23.8 Å². The van der Waals surface area contributed by atoms with Gasteiger partial charge in [0.25, 0.3) is 0 Å². The van der Waals surface area contributed by atoms with Gasteiger partial charge < -0.3 is 20.1 Å². The number of thiazole rings is 2. The number of aromatic nitrogens is 2. The molecule has 0 aliphatic carbocycles. The van der Waals surface area contributed by atoms with Gasteiger partial charge in [-0.05, 0) is 26.7 Å². The maximum Gasteiger partial charge on any atom is 0.310 e. The fraction of sp³-hybridized carbons (Fsp3) is 0.692. The highest BCUT2D eigenvalue weighted by molar-refractivity contribution is 7.14. The molecule has 0 aromatic carbocycles. The van der Waals surface area contributed by atoms with Crippen LogP contribution in [0.4, 0.5) is 10.3 Å². The SMILES string of the molecule is CCCC[C@@H]1C[C@](C)(c2csc(NCCNc3nc([C@]4(C)C[C@H](CCCC)C(=O)O4)cs3)n2)OC1=O.